The molecule has 2 rings (SSSR count). The van der Waals surface area contributed by atoms with Crippen LogP contribution >= 0.6 is 35.6 Å². The molecule has 6 nitrogen and oxygen atoms in total. The van der Waals surface area contributed by atoms with Crippen molar-refractivity contribution in [3.05, 3.63) is 29.3 Å². The summed E-state index contributed by atoms with van der Waals surface area (Å²) in [5.74, 6) is 0.882. The molecule has 0 radical (unpaired) electrons. The second kappa shape index (κ2) is 10.9. The molecule has 8 heteroatoms. The van der Waals surface area contributed by atoms with Crippen molar-refractivity contribution in [2.45, 2.75) is 20.8 Å². The summed E-state index contributed by atoms with van der Waals surface area (Å²) in [6.07, 6.45) is 0. The molecule has 0 aliphatic carbocycles. The molecule has 1 aromatic rings. The van der Waals surface area contributed by atoms with Crippen LogP contribution in [-0.2, 0) is 4.79 Å². The quantitative estimate of drug-likeness (QED) is 0.366. The summed E-state index contributed by atoms with van der Waals surface area (Å²) in [6, 6.07) is 7.94. The zero-order chi connectivity index (χ0) is 19.2. The molecule has 27 heavy (non-hydrogen) atoms. The Labute approximate surface area is 184 Å². The van der Waals surface area contributed by atoms with Gasteiger partial charge in [-0.15, -0.1) is 24.0 Å². The molecule has 0 unspecified atom stereocenters. The molecule has 0 bridgehead atoms. The van der Waals surface area contributed by atoms with Crippen molar-refractivity contribution >= 4 is 53.1 Å². The van der Waals surface area contributed by atoms with E-state index in [-0.39, 0.29) is 29.9 Å². The fraction of sp³-hybridized carbons (Fsp3) is 0.579. The van der Waals surface area contributed by atoms with Gasteiger partial charge in [-0.3, -0.25) is 9.79 Å². The first-order valence-electron chi connectivity index (χ1n) is 9.12. The molecular weight excluding hydrogens is 477 g/mol. The second-order valence-corrected chi connectivity index (χ2v) is 7.48. The Morgan fingerprint density at radius 2 is 1.81 bits per heavy atom. The predicted octanol–water partition coefficient (Wildman–Crippen LogP) is 2.82. The van der Waals surface area contributed by atoms with E-state index in [1.165, 1.54) is 0 Å². The number of amides is 1. The van der Waals surface area contributed by atoms with Crippen molar-refractivity contribution in [1.29, 1.82) is 0 Å². The minimum atomic E-state index is -0.495. The Kier molecular flexibility index (Phi) is 9.66. The standard InChI is InChI=1S/C19H30ClN5O.HI/c1-5-22-17(26)19(2,3)14-23-18(21-4)25-12-10-24(11-13-25)16-9-7-6-8-15(16)20;/h6-9H,5,10-14H2,1-4H3,(H,21,23)(H,22,26);1H. The summed E-state index contributed by atoms with van der Waals surface area (Å²) in [5, 5.41) is 7.02. The van der Waals surface area contributed by atoms with Crippen molar-refractivity contribution in [3.63, 3.8) is 0 Å². The summed E-state index contributed by atoms with van der Waals surface area (Å²) in [7, 11) is 1.78. The lowest BCUT2D eigenvalue weighted by Crippen LogP contribution is -2.54. The number of anilines is 1. The fourth-order valence-corrected chi connectivity index (χ4v) is 3.24. The highest BCUT2D eigenvalue weighted by molar-refractivity contribution is 14.0. The van der Waals surface area contributed by atoms with Crippen LogP contribution in [-0.4, -0.2) is 63.1 Å². The zero-order valence-corrected chi connectivity index (χ0v) is 19.7. The van der Waals surface area contributed by atoms with Crippen LogP contribution < -0.4 is 15.5 Å². The maximum Gasteiger partial charge on any atom is 0.227 e. The average molecular weight is 508 g/mol. The third kappa shape index (κ3) is 6.41. The highest BCUT2D eigenvalue weighted by atomic mass is 127. The number of nitrogens with one attached hydrogen (secondary N) is 2. The van der Waals surface area contributed by atoms with Gasteiger partial charge in [-0.05, 0) is 32.9 Å². The van der Waals surface area contributed by atoms with E-state index in [4.69, 9.17) is 11.6 Å². The number of benzene rings is 1. The molecule has 1 amide bonds. The highest BCUT2D eigenvalue weighted by Crippen LogP contribution is 2.26. The molecular formula is C19H31ClIN5O. The Hall–Kier alpha value is -1.22. The molecule has 1 heterocycles. The molecule has 1 fully saturated rings. The summed E-state index contributed by atoms with van der Waals surface area (Å²) in [6.45, 7) is 10.4. The van der Waals surface area contributed by atoms with E-state index in [1.54, 1.807) is 7.05 Å². The van der Waals surface area contributed by atoms with Crippen molar-refractivity contribution in [2.24, 2.45) is 10.4 Å². The molecule has 0 atom stereocenters. The Morgan fingerprint density at radius 3 is 2.37 bits per heavy atom. The van der Waals surface area contributed by atoms with Crippen LogP contribution in [0.4, 0.5) is 5.69 Å². The van der Waals surface area contributed by atoms with Crippen molar-refractivity contribution in [1.82, 2.24) is 15.5 Å². The Bertz CT molecular complexity index is 645. The first kappa shape index (κ1) is 23.8. The van der Waals surface area contributed by atoms with E-state index in [1.807, 2.05) is 39.0 Å². The normalized spacial score (nSPS) is 15.2. The van der Waals surface area contributed by atoms with Crippen LogP contribution in [0.2, 0.25) is 5.02 Å². The Balaban J connectivity index is 0.00000364. The number of carbonyl (C=O) groups is 1. The van der Waals surface area contributed by atoms with Gasteiger partial charge in [0.2, 0.25) is 5.91 Å². The van der Waals surface area contributed by atoms with Gasteiger partial charge >= 0.3 is 0 Å². The van der Waals surface area contributed by atoms with E-state index in [0.29, 0.717) is 13.1 Å². The van der Waals surface area contributed by atoms with Crippen LogP contribution in [0.25, 0.3) is 0 Å². The van der Waals surface area contributed by atoms with Crippen LogP contribution in [0.15, 0.2) is 29.3 Å². The Morgan fingerprint density at radius 1 is 1.19 bits per heavy atom. The predicted molar refractivity (Wildman–Crippen MR) is 124 cm³/mol. The second-order valence-electron chi connectivity index (χ2n) is 7.07. The van der Waals surface area contributed by atoms with Crippen LogP contribution in [0.1, 0.15) is 20.8 Å². The lowest BCUT2D eigenvalue weighted by atomic mass is 9.92. The summed E-state index contributed by atoms with van der Waals surface area (Å²) in [4.78, 5) is 21.1. The molecule has 2 N–H and O–H groups in total. The number of carbonyl (C=O) groups excluding carboxylic acids is 1. The molecule has 1 aromatic carbocycles. The lowest BCUT2D eigenvalue weighted by molar-refractivity contribution is -0.128. The molecule has 0 aromatic heterocycles. The van der Waals surface area contributed by atoms with Crippen LogP contribution in [0.5, 0.6) is 0 Å². The third-order valence-electron chi connectivity index (χ3n) is 4.62. The fourth-order valence-electron chi connectivity index (χ4n) is 2.98. The molecule has 1 aliphatic heterocycles. The third-order valence-corrected chi connectivity index (χ3v) is 4.94. The number of rotatable bonds is 5. The van der Waals surface area contributed by atoms with Gasteiger partial charge in [0, 0.05) is 46.3 Å². The van der Waals surface area contributed by atoms with Gasteiger partial charge in [0.05, 0.1) is 16.1 Å². The summed E-state index contributed by atoms with van der Waals surface area (Å²) < 4.78 is 0. The minimum absolute atomic E-state index is 0. The first-order valence-corrected chi connectivity index (χ1v) is 9.50. The van der Waals surface area contributed by atoms with Crippen molar-refractivity contribution in [2.75, 3.05) is 51.2 Å². The minimum Gasteiger partial charge on any atom is -0.367 e. The van der Waals surface area contributed by atoms with Gasteiger partial charge in [0.25, 0.3) is 0 Å². The maximum absolute atomic E-state index is 12.1. The van der Waals surface area contributed by atoms with E-state index < -0.39 is 5.41 Å². The number of piperazine rings is 1. The number of para-hydroxylation sites is 1. The van der Waals surface area contributed by atoms with E-state index >= 15 is 0 Å². The molecule has 1 saturated heterocycles. The number of nitrogens with zero attached hydrogens (tertiary/aromatic N) is 3. The van der Waals surface area contributed by atoms with Gasteiger partial charge in [0.1, 0.15) is 0 Å². The van der Waals surface area contributed by atoms with E-state index in [0.717, 1.165) is 42.8 Å². The molecule has 0 saturated carbocycles. The van der Waals surface area contributed by atoms with Gasteiger partial charge in [-0.2, -0.15) is 0 Å². The topological polar surface area (TPSA) is 60.0 Å². The number of hydrogen-bond acceptors (Lipinski definition) is 3. The van der Waals surface area contributed by atoms with Crippen molar-refractivity contribution in [3.8, 4) is 0 Å². The van der Waals surface area contributed by atoms with Gasteiger partial charge in [-0.1, -0.05) is 23.7 Å². The molecule has 1 aliphatic rings. The largest absolute Gasteiger partial charge is 0.367 e. The van der Waals surface area contributed by atoms with Crippen molar-refractivity contribution < 1.29 is 4.79 Å². The average Bonchev–Trinajstić information content (AvgIpc) is 2.63. The number of halogens is 2. The monoisotopic (exact) mass is 507 g/mol. The summed E-state index contributed by atoms with van der Waals surface area (Å²) in [5.41, 5.74) is 0.583. The zero-order valence-electron chi connectivity index (χ0n) is 16.6. The van der Waals surface area contributed by atoms with Gasteiger partial charge < -0.3 is 20.4 Å². The number of aliphatic imine (C=N–C) groups is 1. The van der Waals surface area contributed by atoms with Gasteiger partial charge in [0.15, 0.2) is 5.96 Å². The molecule has 0 spiro atoms. The van der Waals surface area contributed by atoms with E-state index in [2.05, 4.69) is 31.5 Å². The maximum atomic E-state index is 12.1. The summed E-state index contributed by atoms with van der Waals surface area (Å²) >= 11 is 6.31. The van der Waals surface area contributed by atoms with Gasteiger partial charge in [-0.25, -0.2) is 0 Å². The smallest absolute Gasteiger partial charge is 0.227 e. The van der Waals surface area contributed by atoms with E-state index in [9.17, 15) is 4.79 Å². The number of hydrogen-bond donors (Lipinski definition) is 2. The van der Waals surface area contributed by atoms with Crippen LogP contribution in [0, 0.1) is 5.41 Å². The van der Waals surface area contributed by atoms with Crippen LogP contribution in [0.3, 0.4) is 0 Å². The highest BCUT2D eigenvalue weighted by Gasteiger charge is 2.28. The number of guanidine groups is 1. The SMILES string of the molecule is CCNC(=O)C(C)(C)CNC(=NC)N1CCN(c2ccccc2Cl)CC1.I. The lowest BCUT2D eigenvalue weighted by Gasteiger charge is -2.38. The molecule has 152 valence electrons. The first-order chi connectivity index (χ1) is 12.4.